The molecule has 0 bridgehead atoms. The summed E-state index contributed by atoms with van der Waals surface area (Å²) < 4.78 is 21.7. The number of ether oxygens (including phenoxy) is 1. The van der Waals surface area contributed by atoms with Gasteiger partial charge in [-0.25, -0.2) is 9.18 Å². The van der Waals surface area contributed by atoms with Crippen molar-refractivity contribution in [1.29, 1.82) is 0 Å². The van der Waals surface area contributed by atoms with Crippen molar-refractivity contribution >= 4 is 28.6 Å². The van der Waals surface area contributed by atoms with Crippen molar-refractivity contribution in [2.75, 3.05) is 26.3 Å². The Labute approximate surface area is 196 Å². The second-order valence-electron chi connectivity index (χ2n) is 9.20. The maximum absolute atomic E-state index is 13.5. The van der Waals surface area contributed by atoms with Crippen LogP contribution in [-0.2, 0) is 16.6 Å². The standard InChI is InChI=1S/C25H27ClFN3O3/c26-20-13-17(23-18(14-20)15-30(28-23)22-5-6-22)7-12-33-16-25(19-1-3-21(27)4-2-19)8-10-29(11-9-25)24(31)32/h1-4,13-15,22H,5-12,16H2,(H,31,32). The molecule has 0 atom stereocenters. The number of nitrogens with zero attached hydrogens (tertiary/aromatic N) is 3. The van der Waals surface area contributed by atoms with Crippen LogP contribution in [0.1, 0.15) is 42.9 Å². The van der Waals surface area contributed by atoms with Crippen LogP contribution in [0.2, 0.25) is 5.02 Å². The number of carbonyl (C=O) groups is 1. The Balaban J connectivity index is 1.28. The predicted molar refractivity (Wildman–Crippen MR) is 124 cm³/mol. The van der Waals surface area contributed by atoms with Crippen molar-refractivity contribution in [3.05, 3.63) is 64.6 Å². The number of halogens is 2. The average molecular weight is 472 g/mol. The van der Waals surface area contributed by atoms with Crippen molar-refractivity contribution in [1.82, 2.24) is 14.7 Å². The van der Waals surface area contributed by atoms with E-state index in [0.29, 0.717) is 56.6 Å². The Morgan fingerprint density at radius 2 is 1.94 bits per heavy atom. The molecule has 5 rings (SSSR count). The quantitative estimate of drug-likeness (QED) is 0.466. The largest absolute Gasteiger partial charge is 0.465 e. The minimum absolute atomic E-state index is 0.284. The molecule has 1 aromatic heterocycles. The van der Waals surface area contributed by atoms with Crippen LogP contribution in [0, 0.1) is 5.82 Å². The summed E-state index contributed by atoms with van der Waals surface area (Å²) in [5.74, 6) is -0.284. The monoisotopic (exact) mass is 471 g/mol. The minimum Gasteiger partial charge on any atom is -0.465 e. The van der Waals surface area contributed by atoms with Gasteiger partial charge in [0.15, 0.2) is 0 Å². The summed E-state index contributed by atoms with van der Waals surface area (Å²) in [6, 6.07) is 10.9. The molecule has 0 radical (unpaired) electrons. The zero-order chi connectivity index (χ0) is 23.0. The van der Waals surface area contributed by atoms with Crippen molar-refractivity contribution < 1.29 is 19.0 Å². The van der Waals surface area contributed by atoms with Gasteiger partial charge in [-0.1, -0.05) is 23.7 Å². The third kappa shape index (κ3) is 4.70. The Morgan fingerprint density at radius 3 is 2.61 bits per heavy atom. The predicted octanol–water partition coefficient (Wildman–Crippen LogP) is 5.43. The van der Waals surface area contributed by atoms with E-state index in [9.17, 15) is 14.3 Å². The molecule has 0 spiro atoms. The Bertz CT molecular complexity index is 1150. The van der Waals surface area contributed by atoms with Crippen LogP contribution in [0.5, 0.6) is 0 Å². The van der Waals surface area contributed by atoms with Gasteiger partial charge in [-0.2, -0.15) is 5.10 Å². The number of benzene rings is 2. The number of likely N-dealkylation sites (tertiary alicyclic amines) is 1. The Hall–Kier alpha value is -2.64. The van der Waals surface area contributed by atoms with E-state index in [1.165, 1.54) is 29.9 Å². The van der Waals surface area contributed by atoms with Crippen LogP contribution < -0.4 is 0 Å². The van der Waals surface area contributed by atoms with Crippen molar-refractivity contribution in [2.24, 2.45) is 0 Å². The van der Waals surface area contributed by atoms with Crippen LogP contribution in [0.25, 0.3) is 10.9 Å². The second-order valence-corrected chi connectivity index (χ2v) is 9.64. The summed E-state index contributed by atoms with van der Waals surface area (Å²) in [4.78, 5) is 12.8. The van der Waals surface area contributed by atoms with Gasteiger partial charge in [0, 0.05) is 35.1 Å². The van der Waals surface area contributed by atoms with Gasteiger partial charge in [-0.15, -0.1) is 0 Å². The summed E-state index contributed by atoms with van der Waals surface area (Å²) >= 11 is 6.36. The molecule has 33 heavy (non-hydrogen) atoms. The van der Waals surface area contributed by atoms with Gasteiger partial charge >= 0.3 is 6.09 Å². The summed E-state index contributed by atoms with van der Waals surface area (Å²) in [7, 11) is 0. The molecule has 174 valence electrons. The molecule has 2 fully saturated rings. The highest BCUT2D eigenvalue weighted by atomic mass is 35.5. The number of hydrogen-bond acceptors (Lipinski definition) is 3. The van der Waals surface area contributed by atoms with Crippen LogP contribution >= 0.6 is 11.6 Å². The van der Waals surface area contributed by atoms with Crippen LogP contribution in [0.4, 0.5) is 9.18 Å². The molecule has 6 nitrogen and oxygen atoms in total. The normalized spacial score (nSPS) is 18.1. The topological polar surface area (TPSA) is 67.6 Å². The molecule has 1 saturated carbocycles. The number of piperidine rings is 1. The summed E-state index contributed by atoms with van der Waals surface area (Å²) in [6.07, 6.45) is 5.47. The van der Waals surface area contributed by atoms with Gasteiger partial charge < -0.3 is 14.7 Å². The zero-order valence-corrected chi connectivity index (χ0v) is 19.1. The SMILES string of the molecule is O=C(O)N1CCC(COCCc2cc(Cl)cc3cn(C4CC4)nc23)(c2ccc(F)cc2)CC1. The lowest BCUT2D eigenvalue weighted by atomic mass is 9.73. The molecular formula is C25H27ClFN3O3. The van der Waals surface area contributed by atoms with Gasteiger partial charge in [0.1, 0.15) is 5.82 Å². The van der Waals surface area contributed by atoms with Crippen molar-refractivity contribution in [2.45, 2.75) is 43.6 Å². The number of aromatic nitrogens is 2. The number of fused-ring (bicyclic) bond motifs is 1. The lowest BCUT2D eigenvalue weighted by Gasteiger charge is -2.41. The molecule has 1 aliphatic carbocycles. The Kier molecular flexibility index (Phi) is 6.01. The fraction of sp³-hybridized carbons (Fsp3) is 0.440. The first-order chi connectivity index (χ1) is 15.9. The first-order valence-electron chi connectivity index (χ1n) is 11.4. The summed E-state index contributed by atoms with van der Waals surface area (Å²) in [5.41, 5.74) is 2.69. The van der Waals surface area contributed by atoms with Gasteiger partial charge in [0.2, 0.25) is 0 Å². The van der Waals surface area contributed by atoms with Gasteiger partial charge in [-0.05, 0) is 67.5 Å². The van der Waals surface area contributed by atoms with E-state index in [1.807, 2.05) is 16.8 Å². The molecule has 2 heterocycles. The lowest BCUT2D eigenvalue weighted by Crippen LogP contribution is -2.47. The van der Waals surface area contributed by atoms with Crippen LogP contribution in [-0.4, -0.2) is 52.2 Å². The first kappa shape index (κ1) is 22.2. The smallest absolute Gasteiger partial charge is 0.407 e. The zero-order valence-electron chi connectivity index (χ0n) is 18.3. The van der Waals surface area contributed by atoms with Gasteiger partial charge in [-0.3, -0.25) is 4.68 Å². The fourth-order valence-corrected chi connectivity index (χ4v) is 5.05. The van der Waals surface area contributed by atoms with Crippen molar-refractivity contribution in [3.63, 3.8) is 0 Å². The summed E-state index contributed by atoms with van der Waals surface area (Å²) in [5, 5.41) is 15.9. The Morgan fingerprint density at radius 1 is 1.21 bits per heavy atom. The van der Waals surface area contributed by atoms with E-state index in [-0.39, 0.29) is 11.2 Å². The third-order valence-corrected chi connectivity index (χ3v) is 7.15. The second kappa shape index (κ2) is 8.95. The fourth-order valence-electron chi connectivity index (χ4n) is 4.80. The molecule has 8 heteroatoms. The molecule has 3 aromatic rings. The first-order valence-corrected chi connectivity index (χ1v) is 11.8. The number of rotatable bonds is 7. The molecule has 2 aromatic carbocycles. The highest BCUT2D eigenvalue weighted by Crippen LogP contribution is 2.37. The van der Waals surface area contributed by atoms with E-state index in [4.69, 9.17) is 21.4 Å². The molecular weight excluding hydrogens is 445 g/mol. The van der Waals surface area contributed by atoms with Gasteiger partial charge in [0.25, 0.3) is 0 Å². The highest BCUT2D eigenvalue weighted by Gasteiger charge is 2.38. The molecule has 1 saturated heterocycles. The highest BCUT2D eigenvalue weighted by molar-refractivity contribution is 6.31. The number of amides is 1. The average Bonchev–Trinajstić information content (AvgIpc) is 3.56. The van der Waals surface area contributed by atoms with Gasteiger partial charge in [0.05, 0.1) is 24.8 Å². The van der Waals surface area contributed by atoms with Crippen LogP contribution in [0.3, 0.4) is 0 Å². The van der Waals surface area contributed by atoms with E-state index in [2.05, 4.69) is 6.20 Å². The molecule has 1 N–H and O–H groups in total. The molecule has 0 unspecified atom stereocenters. The van der Waals surface area contributed by atoms with Crippen LogP contribution in [0.15, 0.2) is 42.6 Å². The lowest BCUT2D eigenvalue weighted by molar-refractivity contribution is 0.0461. The maximum atomic E-state index is 13.5. The number of hydrogen-bond donors (Lipinski definition) is 1. The third-order valence-electron chi connectivity index (χ3n) is 6.93. The molecule has 1 aliphatic heterocycles. The molecule has 1 amide bonds. The number of carboxylic acid groups (broad SMARTS) is 1. The van der Waals surface area contributed by atoms with E-state index in [0.717, 1.165) is 22.0 Å². The van der Waals surface area contributed by atoms with E-state index in [1.54, 1.807) is 12.1 Å². The molecule has 2 aliphatic rings. The summed E-state index contributed by atoms with van der Waals surface area (Å²) in [6.45, 7) is 1.82. The minimum atomic E-state index is -0.903. The van der Waals surface area contributed by atoms with Crippen molar-refractivity contribution in [3.8, 4) is 0 Å². The van der Waals surface area contributed by atoms with E-state index < -0.39 is 6.09 Å². The van der Waals surface area contributed by atoms with E-state index >= 15 is 0 Å². The maximum Gasteiger partial charge on any atom is 0.407 e.